The Balaban J connectivity index is 0.000000172. The van der Waals surface area contributed by atoms with Crippen LogP contribution in [0, 0.1) is 61.2 Å². The number of hydrogen-bond donors (Lipinski definition) is 0. The zero-order valence-electron chi connectivity index (χ0n) is 66.5. The molecule has 0 spiro atoms. The van der Waals surface area contributed by atoms with Gasteiger partial charge in [0.25, 0.3) is 0 Å². The number of pyridine rings is 6. The highest BCUT2D eigenvalue weighted by Crippen LogP contribution is 2.27. The van der Waals surface area contributed by atoms with E-state index < -0.39 is 20.1 Å². The minimum atomic E-state index is -2.68. The lowest BCUT2D eigenvalue weighted by molar-refractivity contribution is -0.660. The molecule has 0 saturated heterocycles. The van der Waals surface area contributed by atoms with Gasteiger partial charge in [-0.1, -0.05) is 118 Å². The lowest BCUT2D eigenvalue weighted by Gasteiger charge is -2.09. The van der Waals surface area contributed by atoms with Crippen LogP contribution in [0.2, 0.25) is 0 Å². The SMILES string of the molecule is CCc1ccc(-c2cccc[n+]2C)c(C)c1.Cc1cc(CC(C)C)ccc1-c1cccc[n+]1C.Cc1ccc(C)c(-c2cccc[n+]2C)c1.Cc1ccccc1-c1cccc[n+]1C.[2H]C([2H])([2H])C([2H])([2H])c1ccc(-c2cccc[n+]2C)c(C)c1.[2H]C([2H])([2H])c1ccc(-c2cccc[n+]2C)c(C)c1. The molecule has 0 aliphatic heterocycles. The minimum absolute atomic E-state index is 0.183. The first-order chi connectivity index (χ1) is 48.3. The fraction of sp³-hybridized carbons (Fsp3) is 0.250. The monoisotopic (exact) mass is 1250 g/mol. The van der Waals surface area contributed by atoms with Crippen molar-refractivity contribution in [3.63, 3.8) is 0 Å². The number of aromatic nitrogens is 6. The van der Waals surface area contributed by atoms with Gasteiger partial charge in [0.15, 0.2) is 37.2 Å². The Kier molecular flexibility index (Phi) is 22.7. The second kappa shape index (κ2) is 35.3. The molecule has 6 heteroatoms. The first-order valence-electron chi connectivity index (χ1n) is 36.6. The Morgan fingerprint density at radius 3 is 0.989 bits per heavy atom. The van der Waals surface area contributed by atoms with Crippen molar-refractivity contribution in [1.29, 1.82) is 0 Å². The van der Waals surface area contributed by atoms with Crippen molar-refractivity contribution in [2.75, 3.05) is 0 Å². The molecular weight excluding hydrogens is 1140 g/mol. The highest BCUT2D eigenvalue weighted by Gasteiger charge is 2.16. The Labute approximate surface area is 576 Å². The first-order valence-corrected chi connectivity index (χ1v) is 32.6. The lowest BCUT2D eigenvalue weighted by Crippen LogP contribution is -2.30. The Morgan fingerprint density at radius 1 is 0.309 bits per heavy atom. The standard InChI is InChI=1S/C17H22N.2C15H18N.2C14H16N.C13H14N/c1-13(2)11-15-8-9-16(14(3)12-15)17-7-5-6-10-18(17)4;2*1-4-13-8-9-14(12(2)11-13)15-7-5-6-10-16(15)3;1-11-7-8-13(12(2)10-11)14-6-4-5-9-15(14)3;1-11-7-8-12(2)13(10-11)14-6-4-5-9-15(14)3;1-11-7-3-4-8-12(11)13-9-5-6-10-14(13)2/h5-10,12-13H,11H2,1-4H3;2*5-11H,4H2,1-3H3;2*4-10H,1-3H3;3-10H,1-2H3/q6*+1/i;1D3,4D2;;1D3;;. The summed E-state index contributed by atoms with van der Waals surface area (Å²) >= 11 is 0. The summed E-state index contributed by atoms with van der Waals surface area (Å²) in [5.41, 5.74) is 26.3. The van der Waals surface area contributed by atoms with Crippen LogP contribution in [0.25, 0.3) is 67.5 Å². The van der Waals surface area contributed by atoms with Gasteiger partial charge < -0.3 is 0 Å². The third kappa shape index (κ3) is 20.1. The third-order valence-electron chi connectivity index (χ3n) is 16.8. The van der Waals surface area contributed by atoms with Crippen LogP contribution in [-0.4, -0.2) is 0 Å². The Hall–Kier alpha value is -9.78. The summed E-state index contributed by atoms with van der Waals surface area (Å²) in [6, 6.07) is 75.8. The number of nitrogens with zero attached hydrogens (tertiary/aromatic N) is 6. The zero-order chi connectivity index (χ0) is 74.6. The van der Waals surface area contributed by atoms with Gasteiger partial charge >= 0.3 is 0 Å². The zero-order valence-corrected chi connectivity index (χ0v) is 58.5. The van der Waals surface area contributed by atoms with E-state index in [-0.39, 0.29) is 5.56 Å². The summed E-state index contributed by atoms with van der Waals surface area (Å²) in [5, 5.41) is 0. The van der Waals surface area contributed by atoms with E-state index in [1.54, 1.807) is 30.3 Å². The summed E-state index contributed by atoms with van der Waals surface area (Å²) in [4.78, 5) is 0. The quantitative estimate of drug-likeness (QED) is 0.122. The van der Waals surface area contributed by atoms with E-state index in [1.165, 1.54) is 84.0 Å². The summed E-state index contributed by atoms with van der Waals surface area (Å²) < 4.78 is 72.6. The van der Waals surface area contributed by atoms with E-state index in [0.29, 0.717) is 11.5 Å². The number of rotatable bonds is 10. The fourth-order valence-electron chi connectivity index (χ4n) is 11.5. The van der Waals surface area contributed by atoms with E-state index >= 15 is 0 Å². The molecule has 0 saturated carbocycles. The van der Waals surface area contributed by atoms with Crippen molar-refractivity contribution in [2.24, 2.45) is 48.2 Å². The summed E-state index contributed by atoms with van der Waals surface area (Å²) in [6.45, 7) is 16.6. The molecule has 6 aromatic carbocycles. The van der Waals surface area contributed by atoms with Gasteiger partial charge in [-0.2, -0.15) is 0 Å². The second-order valence-electron chi connectivity index (χ2n) is 24.7. The van der Waals surface area contributed by atoms with Gasteiger partial charge in [-0.3, -0.25) is 0 Å². The van der Waals surface area contributed by atoms with Crippen molar-refractivity contribution in [1.82, 2.24) is 0 Å². The molecule has 0 radical (unpaired) electrons. The van der Waals surface area contributed by atoms with Gasteiger partial charge in [0, 0.05) is 117 Å². The van der Waals surface area contributed by atoms with Crippen molar-refractivity contribution in [3.8, 4) is 67.5 Å². The molecule has 480 valence electrons. The summed E-state index contributed by atoms with van der Waals surface area (Å²) in [5.74, 6) is 0.711. The number of benzene rings is 6. The average molecular weight is 1250 g/mol. The molecule has 12 rings (SSSR count). The van der Waals surface area contributed by atoms with Crippen LogP contribution in [0.15, 0.2) is 262 Å². The van der Waals surface area contributed by atoms with E-state index in [1.807, 2.05) is 98.0 Å². The van der Waals surface area contributed by atoms with Crippen LogP contribution in [0.4, 0.5) is 0 Å². The van der Waals surface area contributed by atoms with E-state index in [0.717, 1.165) is 46.5 Å². The molecule has 6 nitrogen and oxygen atoms in total. The topological polar surface area (TPSA) is 23.3 Å². The van der Waals surface area contributed by atoms with Crippen LogP contribution in [0.3, 0.4) is 0 Å². The summed E-state index contributed by atoms with van der Waals surface area (Å²) in [6.07, 6.45) is 12.1. The maximum Gasteiger partial charge on any atom is 0.212 e. The van der Waals surface area contributed by atoms with Gasteiger partial charge in [0.05, 0.1) is 0 Å². The number of hydrogen-bond acceptors (Lipinski definition) is 0. The molecule has 0 fully saturated rings. The highest BCUT2D eigenvalue weighted by molar-refractivity contribution is 5.65. The molecule has 0 aliphatic rings. The molecule has 0 bridgehead atoms. The van der Waals surface area contributed by atoms with Crippen molar-refractivity contribution in [2.45, 2.75) is 102 Å². The van der Waals surface area contributed by atoms with Crippen molar-refractivity contribution < 1.29 is 38.4 Å². The molecule has 6 aromatic heterocycles. The maximum atomic E-state index is 7.83. The van der Waals surface area contributed by atoms with Gasteiger partial charge in [-0.05, 0) is 203 Å². The first kappa shape index (κ1) is 60.5. The van der Waals surface area contributed by atoms with Crippen LogP contribution in [0.1, 0.15) is 99.8 Å². The van der Waals surface area contributed by atoms with E-state index in [2.05, 4.69) is 272 Å². The predicted molar refractivity (Wildman–Crippen MR) is 394 cm³/mol. The Morgan fingerprint density at radius 2 is 0.628 bits per heavy atom. The number of aryl methyl sites for hydroxylation is 16. The van der Waals surface area contributed by atoms with Gasteiger partial charge in [0.1, 0.15) is 42.3 Å². The predicted octanol–water partition coefficient (Wildman–Crippen LogP) is 17.9. The van der Waals surface area contributed by atoms with Crippen LogP contribution in [-0.2, 0) is 61.5 Å². The van der Waals surface area contributed by atoms with Gasteiger partial charge in [-0.15, -0.1) is 0 Å². The van der Waals surface area contributed by atoms with Gasteiger partial charge in [0.2, 0.25) is 34.2 Å². The minimum Gasteiger partial charge on any atom is -0.201 e. The molecular formula is C88H104N6+6. The van der Waals surface area contributed by atoms with Crippen molar-refractivity contribution in [3.05, 3.63) is 323 Å². The van der Waals surface area contributed by atoms with Crippen molar-refractivity contribution >= 4 is 0 Å². The smallest absolute Gasteiger partial charge is 0.201 e. The van der Waals surface area contributed by atoms with Crippen LogP contribution >= 0.6 is 0 Å². The molecule has 0 atom stereocenters. The average Bonchev–Trinajstić information content (AvgIpc) is 0.783. The van der Waals surface area contributed by atoms with E-state index in [4.69, 9.17) is 11.0 Å². The molecule has 0 aliphatic carbocycles. The highest BCUT2D eigenvalue weighted by atomic mass is 14.9. The molecule has 0 unspecified atom stereocenters. The largest absolute Gasteiger partial charge is 0.212 e. The van der Waals surface area contributed by atoms with Crippen LogP contribution in [0.5, 0.6) is 0 Å². The molecule has 94 heavy (non-hydrogen) atoms. The molecule has 12 aromatic rings. The van der Waals surface area contributed by atoms with E-state index in [9.17, 15) is 0 Å². The van der Waals surface area contributed by atoms with Gasteiger partial charge in [-0.25, -0.2) is 27.4 Å². The summed E-state index contributed by atoms with van der Waals surface area (Å²) in [7, 11) is 12.2. The maximum absolute atomic E-state index is 7.83. The lowest BCUT2D eigenvalue weighted by atomic mass is 9.97. The molecule has 0 amide bonds. The Bertz CT molecular complexity index is 4720. The fourth-order valence-corrected chi connectivity index (χ4v) is 11.5. The normalized spacial score (nSPS) is 12.1. The third-order valence-corrected chi connectivity index (χ3v) is 16.8. The molecule has 6 heterocycles. The molecule has 0 N–H and O–H groups in total. The second-order valence-corrected chi connectivity index (χ2v) is 24.7. The van der Waals surface area contributed by atoms with Crippen LogP contribution < -0.4 is 27.4 Å².